The lowest BCUT2D eigenvalue weighted by molar-refractivity contribution is 0.104. The monoisotopic (exact) mass is 249 g/mol. The summed E-state index contributed by atoms with van der Waals surface area (Å²) in [5.74, 6) is 1.33. The van der Waals surface area contributed by atoms with E-state index in [2.05, 4.69) is 30.7 Å². The molecule has 1 aliphatic rings. The molecule has 1 aromatic heterocycles. The Morgan fingerprint density at radius 2 is 2.00 bits per heavy atom. The van der Waals surface area contributed by atoms with E-state index in [9.17, 15) is 0 Å². The Morgan fingerprint density at radius 1 is 1.33 bits per heavy atom. The molecule has 2 N–H and O–H groups in total. The molecule has 0 saturated carbocycles. The normalized spacial score (nSPS) is 21.2. The van der Waals surface area contributed by atoms with Gasteiger partial charge in [-0.05, 0) is 51.1 Å². The number of hydrogen-bond donors (Lipinski definition) is 1. The van der Waals surface area contributed by atoms with E-state index in [0.717, 1.165) is 43.1 Å². The van der Waals surface area contributed by atoms with Crippen LogP contribution in [0.4, 0.5) is 0 Å². The molecule has 2 rings (SSSR count). The van der Waals surface area contributed by atoms with Crippen molar-refractivity contribution in [1.82, 2.24) is 9.97 Å². The van der Waals surface area contributed by atoms with Gasteiger partial charge in [0, 0.05) is 18.0 Å². The third-order valence-electron chi connectivity index (χ3n) is 3.61. The molecule has 2 heterocycles. The molecule has 0 aliphatic carbocycles. The average Bonchev–Trinajstić information content (AvgIpc) is 2.87. The lowest BCUT2D eigenvalue weighted by atomic mass is 9.99. The van der Waals surface area contributed by atoms with Gasteiger partial charge in [-0.15, -0.1) is 0 Å². The van der Waals surface area contributed by atoms with Gasteiger partial charge in [0.25, 0.3) is 0 Å². The minimum Gasteiger partial charge on any atom is -0.370 e. The highest BCUT2D eigenvalue weighted by Gasteiger charge is 2.22. The zero-order valence-electron chi connectivity index (χ0n) is 11.6. The number of hydrogen-bond acceptors (Lipinski definition) is 4. The Morgan fingerprint density at radius 3 is 2.50 bits per heavy atom. The van der Waals surface area contributed by atoms with Crippen LogP contribution in [0.15, 0.2) is 0 Å². The molecule has 0 amide bonds. The zero-order chi connectivity index (χ0) is 13.1. The number of nitrogens with zero attached hydrogens (tertiary/aromatic N) is 2. The van der Waals surface area contributed by atoms with Crippen LogP contribution in [0.2, 0.25) is 0 Å². The second-order valence-electron chi connectivity index (χ2n) is 5.28. The van der Waals surface area contributed by atoms with Crippen molar-refractivity contribution >= 4 is 0 Å². The predicted molar refractivity (Wildman–Crippen MR) is 71.4 cm³/mol. The molecule has 0 aromatic carbocycles. The van der Waals surface area contributed by atoms with Gasteiger partial charge in [0.2, 0.25) is 0 Å². The maximum Gasteiger partial charge on any atom is 0.157 e. The van der Waals surface area contributed by atoms with Crippen LogP contribution in [0.5, 0.6) is 0 Å². The van der Waals surface area contributed by atoms with Crippen LogP contribution in [0.3, 0.4) is 0 Å². The van der Waals surface area contributed by atoms with Crippen LogP contribution < -0.4 is 5.73 Å². The van der Waals surface area contributed by atoms with E-state index >= 15 is 0 Å². The Kier molecular flexibility index (Phi) is 4.30. The summed E-state index contributed by atoms with van der Waals surface area (Å²) in [7, 11) is 0. The van der Waals surface area contributed by atoms with Crippen LogP contribution >= 0.6 is 0 Å². The summed E-state index contributed by atoms with van der Waals surface area (Å²) < 4.78 is 5.65. The molecule has 4 heteroatoms. The summed E-state index contributed by atoms with van der Waals surface area (Å²) in [6.07, 6.45) is 3.21. The van der Waals surface area contributed by atoms with Gasteiger partial charge in [0.1, 0.15) is 6.10 Å². The molecule has 1 aliphatic heterocycles. The lowest BCUT2D eigenvalue weighted by Gasteiger charge is -2.16. The minimum absolute atomic E-state index is 0.100. The molecular weight excluding hydrogens is 226 g/mol. The molecule has 0 bridgehead atoms. The first-order valence-electron chi connectivity index (χ1n) is 6.77. The maximum atomic E-state index is 5.69. The fourth-order valence-electron chi connectivity index (χ4n) is 2.42. The van der Waals surface area contributed by atoms with Gasteiger partial charge in [-0.25, -0.2) is 9.97 Å². The van der Waals surface area contributed by atoms with E-state index in [0.29, 0.717) is 12.5 Å². The number of aryl methyl sites for hydroxylation is 2. The Balaban J connectivity index is 2.22. The summed E-state index contributed by atoms with van der Waals surface area (Å²) in [5.41, 5.74) is 9.09. The summed E-state index contributed by atoms with van der Waals surface area (Å²) >= 11 is 0. The van der Waals surface area contributed by atoms with E-state index < -0.39 is 0 Å². The van der Waals surface area contributed by atoms with Crippen LogP contribution in [0.1, 0.15) is 48.6 Å². The van der Waals surface area contributed by atoms with Gasteiger partial charge < -0.3 is 10.5 Å². The highest BCUT2D eigenvalue weighted by atomic mass is 16.5. The van der Waals surface area contributed by atoms with Gasteiger partial charge in [-0.3, -0.25) is 0 Å². The van der Waals surface area contributed by atoms with Crippen molar-refractivity contribution in [3.8, 4) is 0 Å². The third kappa shape index (κ3) is 2.87. The molecule has 1 aromatic rings. The van der Waals surface area contributed by atoms with Crippen molar-refractivity contribution in [2.45, 2.75) is 46.1 Å². The Labute approximate surface area is 109 Å². The molecule has 0 spiro atoms. The van der Waals surface area contributed by atoms with E-state index in [1.165, 1.54) is 5.56 Å². The highest BCUT2D eigenvalue weighted by molar-refractivity contribution is 5.25. The molecule has 2 atom stereocenters. The molecular formula is C14H23N3O. The minimum atomic E-state index is 0.100. The van der Waals surface area contributed by atoms with Crippen LogP contribution in [0.25, 0.3) is 0 Å². The molecule has 100 valence electrons. The molecule has 1 fully saturated rings. The first-order chi connectivity index (χ1) is 8.61. The van der Waals surface area contributed by atoms with Gasteiger partial charge in [0.05, 0.1) is 0 Å². The second-order valence-corrected chi connectivity index (χ2v) is 5.28. The highest BCUT2D eigenvalue weighted by Crippen LogP contribution is 2.27. The van der Waals surface area contributed by atoms with Crippen LogP contribution in [-0.4, -0.2) is 23.1 Å². The van der Waals surface area contributed by atoms with E-state index in [-0.39, 0.29) is 6.10 Å². The molecule has 0 radical (unpaired) electrons. The lowest BCUT2D eigenvalue weighted by Crippen LogP contribution is -2.16. The summed E-state index contributed by atoms with van der Waals surface area (Å²) in [6.45, 7) is 7.81. The van der Waals surface area contributed by atoms with Gasteiger partial charge >= 0.3 is 0 Å². The summed E-state index contributed by atoms with van der Waals surface area (Å²) in [6, 6.07) is 0. The quantitative estimate of drug-likeness (QED) is 0.887. The third-order valence-corrected chi connectivity index (χ3v) is 3.61. The summed E-state index contributed by atoms with van der Waals surface area (Å²) in [4.78, 5) is 9.25. The Hall–Kier alpha value is -1.00. The fourth-order valence-corrected chi connectivity index (χ4v) is 2.42. The largest absolute Gasteiger partial charge is 0.370 e. The average molecular weight is 249 g/mol. The van der Waals surface area contributed by atoms with Gasteiger partial charge in [0.15, 0.2) is 5.82 Å². The zero-order valence-corrected chi connectivity index (χ0v) is 11.6. The molecule has 18 heavy (non-hydrogen) atoms. The number of aromatic nitrogens is 2. The van der Waals surface area contributed by atoms with E-state index in [1.54, 1.807) is 0 Å². The van der Waals surface area contributed by atoms with Crippen LogP contribution in [0, 0.1) is 19.8 Å². The number of ether oxygens (including phenoxy) is 1. The topological polar surface area (TPSA) is 61.0 Å². The first kappa shape index (κ1) is 13.4. The smallest absolute Gasteiger partial charge is 0.157 e. The molecule has 2 unspecified atom stereocenters. The van der Waals surface area contributed by atoms with Crippen LogP contribution in [-0.2, 0) is 11.2 Å². The second kappa shape index (κ2) is 5.76. The maximum absolute atomic E-state index is 5.69. The standard InChI is InChI=1S/C14H23N3O/c1-9(8-15)7-12-10(2)16-14(17-11(12)3)13-5-4-6-18-13/h9,13H,4-8,15H2,1-3H3. The van der Waals surface area contributed by atoms with Crippen molar-refractivity contribution < 1.29 is 4.74 Å². The first-order valence-corrected chi connectivity index (χ1v) is 6.77. The van der Waals surface area contributed by atoms with Gasteiger partial charge in [-0.2, -0.15) is 0 Å². The van der Waals surface area contributed by atoms with Crippen molar-refractivity contribution in [2.75, 3.05) is 13.2 Å². The van der Waals surface area contributed by atoms with Crippen molar-refractivity contribution in [2.24, 2.45) is 11.7 Å². The Bertz CT molecular complexity index is 390. The van der Waals surface area contributed by atoms with E-state index in [1.807, 2.05) is 0 Å². The van der Waals surface area contributed by atoms with Gasteiger partial charge in [-0.1, -0.05) is 6.92 Å². The molecule has 4 nitrogen and oxygen atoms in total. The van der Waals surface area contributed by atoms with E-state index in [4.69, 9.17) is 10.5 Å². The fraction of sp³-hybridized carbons (Fsp3) is 0.714. The SMILES string of the molecule is Cc1nc(C2CCCO2)nc(C)c1CC(C)CN. The van der Waals surface area contributed by atoms with Crippen molar-refractivity contribution in [3.63, 3.8) is 0 Å². The van der Waals surface area contributed by atoms with Crippen molar-refractivity contribution in [3.05, 3.63) is 22.8 Å². The molecule has 1 saturated heterocycles. The summed E-state index contributed by atoms with van der Waals surface area (Å²) in [5, 5.41) is 0. The number of rotatable bonds is 4. The number of nitrogens with two attached hydrogens (primary N) is 1. The predicted octanol–water partition coefficient (Wildman–Crippen LogP) is 2.08. The van der Waals surface area contributed by atoms with Crippen molar-refractivity contribution in [1.29, 1.82) is 0 Å².